The number of rotatable bonds is 3. The lowest BCUT2D eigenvalue weighted by molar-refractivity contribution is 0.610. The zero-order valence-corrected chi connectivity index (χ0v) is 10.0. The van der Waals surface area contributed by atoms with Crippen LogP contribution in [0.5, 0.6) is 0 Å². The summed E-state index contributed by atoms with van der Waals surface area (Å²) in [5.74, 6) is 0.0584. The number of nitrogens with one attached hydrogen (secondary N) is 1. The molecular weight excluding hydrogens is 261 g/mol. The minimum atomic E-state index is -0.272. The van der Waals surface area contributed by atoms with Crippen molar-refractivity contribution in [3.63, 3.8) is 0 Å². The van der Waals surface area contributed by atoms with Gasteiger partial charge in [0.05, 0.1) is 6.54 Å². The number of nitrogens with zero attached hydrogens (tertiary/aromatic N) is 1. The molecule has 0 unspecified atom stereocenters. The van der Waals surface area contributed by atoms with Gasteiger partial charge in [-0.25, -0.2) is 9.38 Å². The minimum Gasteiger partial charge on any atom is -0.370 e. The normalized spacial score (nSPS) is 11.5. The number of nitrogens with two attached hydrogens (primary N) is 1. The first-order chi connectivity index (χ1) is 7.13. The zero-order valence-electron chi connectivity index (χ0n) is 8.43. The molecule has 1 aromatic carbocycles. The molecule has 0 radical (unpaired) electrons. The maximum Gasteiger partial charge on any atom is 0.188 e. The first kappa shape index (κ1) is 12.0. The molecule has 3 nitrogen and oxygen atoms in total. The smallest absolute Gasteiger partial charge is 0.188 e. The molecule has 0 bridgehead atoms. The lowest BCUT2D eigenvalue weighted by Gasteiger charge is -2.03. The van der Waals surface area contributed by atoms with Gasteiger partial charge in [-0.2, -0.15) is 0 Å². The lowest BCUT2D eigenvalue weighted by Crippen LogP contribution is -2.31. The molecule has 0 amide bonds. The lowest BCUT2D eigenvalue weighted by atomic mass is 10.2. The number of hydrogen-bond donors (Lipinski definition) is 2. The van der Waals surface area contributed by atoms with Crippen LogP contribution in [0.15, 0.2) is 27.7 Å². The van der Waals surface area contributed by atoms with Gasteiger partial charge in [0.1, 0.15) is 5.82 Å². The maximum atomic E-state index is 13.3. The third-order valence-corrected chi connectivity index (χ3v) is 2.28. The van der Waals surface area contributed by atoms with Crippen LogP contribution in [0.25, 0.3) is 0 Å². The van der Waals surface area contributed by atoms with Crippen molar-refractivity contribution in [2.45, 2.75) is 13.5 Å². The third-order valence-electron chi connectivity index (χ3n) is 1.79. The van der Waals surface area contributed by atoms with Gasteiger partial charge < -0.3 is 11.1 Å². The largest absolute Gasteiger partial charge is 0.370 e. The van der Waals surface area contributed by atoms with E-state index in [1.54, 1.807) is 12.1 Å². The van der Waals surface area contributed by atoms with Gasteiger partial charge in [-0.05, 0) is 25.1 Å². The average molecular weight is 274 g/mol. The Kier molecular flexibility index (Phi) is 4.55. The number of halogens is 2. The molecule has 0 spiro atoms. The van der Waals surface area contributed by atoms with Crippen LogP contribution in [0.1, 0.15) is 12.5 Å². The Morgan fingerprint density at radius 3 is 3.00 bits per heavy atom. The van der Waals surface area contributed by atoms with Crippen LogP contribution in [0.4, 0.5) is 4.39 Å². The average Bonchev–Trinajstić information content (AvgIpc) is 2.20. The Balaban J connectivity index is 2.72. The predicted molar refractivity (Wildman–Crippen MR) is 63.1 cm³/mol. The first-order valence-corrected chi connectivity index (χ1v) is 5.40. The van der Waals surface area contributed by atoms with Crippen molar-refractivity contribution >= 4 is 21.9 Å². The van der Waals surface area contributed by atoms with E-state index in [1.807, 2.05) is 6.92 Å². The van der Waals surface area contributed by atoms with Gasteiger partial charge >= 0.3 is 0 Å². The van der Waals surface area contributed by atoms with Gasteiger partial charge in [0.2, 0.25) is 0 Å². The van der Waals surface area contributed by atoms with E-state index in [4.69, 9.17) is 5.73 Å². The highest BCUT2D eigenvalue weighted by Gasteiger charge is 2.01. The second-order valence-electron chi connectivity index (χ2n) is 2.97. The van der Waals surface area contributed by atoms with Crippen LogP contribution in [-0.2, 0) is 6.54 Å². The SMILES string of the molecule is CCNC(N)=NCc1cc(Br)ccc1F. The van der Waals surface area contributed by atoms with E-state index in [0.29, 0.717) is 18.1 Å². The Morgan fingerprint density at radius 2 is 2.33 bits per heavy atom. The fourth-order valence-electron chi connectivity index (χ4n) is 1.07. The van der Waals surface area contributed by atoms with E-state index >= 15 is 0 Å². The van der Waals surface area contributed by atoms with Gasteiger partial charge in [0, 0.05) is 16.6 Å². The van der Waals surface area contributed by atoms with E-state index in [0.717, 1.165) is 4.47 Å². The summed E-state index contributed by atoms with van der Waals surface area (Å²) in [7, 11) is 0. The summed E-state index contributed by atoms with van der Waals surface area (Å²) in [6.07, 6.45) is 0. The van der Waals surface area contributed by atoms with Crippen LogP contribution in [0.3, 0.4) is 0 Å². The fourth-order valence-corrected chi connectivity index (χ4v) is 1.48. The van der Waals surface area contributed by atoms with E-state index in [9.17, 15) is 4.39 Å². The fraction of sp³-hybridized carbons (Fsp3) is 0.300. The molecule has 0 atom stereocenters. The molecular formula is C10H13BrFN3. The van der Waals surface area contributed by atoms with Crippen LogP contribution in [-0.4, -0.2) is 12.5 Å². The van der Waals surface area contributed by atoms with Crippen LogP contribution < -0.4 is 11.1 Å². The Hall–Kier alpha value is -1.10. The van der Waals surface area contributed by atoms with Gasteiger partial charge in [-0.3, -0.25) is 0 Å². The molecule has 15 heavy (non-hydrogen) atoms. The summed E-state index contributed by atoms with van der Waals surface area (Å²) in [4.78, 5) is 4.01. The van der Waals surface area contributed by atoms with Crippen LogP contribution in [0.2, 0.25) is 0 Å². The second-order valence-corrected chi connectivity index (χ2v) is 3.88. The van der Waals surface area contributed by atoms with E-state index in [1.165, 1.54) is 6.07 Å². The van der Waals surface area contributed by atoms with Crippen molar-refractivity contribution < 1.29 is 4.39 Å². The van der Waals surface area contributed by atoms with Gasteiger partial charge in [-0.1, -0.05) is 15.9 Å². The number of benzene rings is 1. The summed E-state index contributed by atoms with van der Waals surface area (Å²) < 4.78 is 14.1. The highest BCUT2D eigenvalue weighted by atomic mass is 79.9. The van der Waals surface area contributed by atoms with Crippen molar-refractivity contribution in [3.8, 4) is 0 Å². The molecule has 0 aliphatic carbocycles. The van der Waals surface area contributed by atoms with Crippen molar-refractivity contribution in [1.29, 1.82) is 0 Å². The number of guanidine groups is 1. The van der Waals surface area contributed by atoms with Crippen LogP contribution >= 0.6 is 15.9 Å². The van der Waals surface area contributed by atoms with E-state index in [2.05, 4.69) is 26.2 Å². The Labute approximate surface area is 96.7 Å². The number of hydrogen-bond acceptors (Lipinski definition) is 1. The summed E-state index contributed by atoms with van der Waals surface area (Å²) in [5.41, 5.74) is 6.04. The molecule has 0 aliphatic heterocycles. The summed E-state index contributed by atoms with van der Waals surface area (Å²) in [5, 5.41) is 2.84. The molecule has 82 valence electrons. The topological polar surface area (TPSA) is 50.4 Å². The second kappa shape index (κ2) is 5.70. The van der Waals surface area contributed by atoms with Crippen molar-refractivity contribution in [2.24, 2.45) is 10.7 Å². The molecule has 1 rings (SSSR count). The van der Waals surface area contributed by atoms with Gasteiger partial charge in [0.25, 0.3) is 0 Å². The van der Waals surface area contributed by atoms with Gasteiger partial charge in [-0.15, -0.1) is 0 Å². The monoisotopic (exact) mass is 273 g/mol. The summed E-state index contributed by atoms with van der Waals surface area (Å²) >= 11 is 3.27. The molecule has 0 saturated heterocycles. The first-order valence-electron chi connectivity index (χ1n) is 4.61. The minimum absolute atomic E-state index is 0.240. The molecule has 0 fully saturated rings. The molecule has 3 N–H and O–H groups in total. The quantitative estimate of drug-likeness (QED) is 0.654. The van der Waals surface area contributed by atoms with Crippen molar-refractivity contribution in [2.75, 3.05) is 6.54 Å². The van der Waals surface area contributed by atoms with E-state index in [-0.39, 0.29) is 12.4 Å². The van der Waals surface area contributed by atoms with Gasteiger partial charge in [0.15, 0.2) is 5.96 Å². The molecule has 0 heterocycles. The van der Waals surface area contributed by atoms with E-state index < -0.39 is 0 Å². The number of aliphatic imine (C=N–C) groups is 1. The third kappa shape index (κ3) is 3.87. The summed E-state index contributed by atoms with van der Waals surface area (Å²) in [6.45, 7) is 2.86. The standard InChI is InChI=1S/C10H13BrFN3/c1-2-14-10(13)15-6-7-5-8(11)3-4-9(7)12/h3-5H,2,6H2,1H3,(H3,13,14,15). The zero-order chi connectivity index (χ0) is 11.3. The molecule has 0 aromatic heterocycles. The molecule has 0 saturated carbocycles. The maximum absolute atomic E-state index is 13.3. The summed E-state index contributed by atoms with van der Waals surface area (Å²) in [6, 6.07) is 4.74. The molecule has 0 aliphatic rings. The molecule has 5 heteroatoms. The van der Waals surface area contributed by atoms with Crippen LogP contribution in [0, 0.1) is 5.82 Å². The highest BCUT2D eigenvalue weighted by Crippen LogP contribution is 2.16. The van der Waals surface area contributed by atoms with Crippen molar-refractivity contribution in [3.05, 3.63) is 34.1 Å². The highest BCUT2D eigenvalue weighted by molar-refractivity contribution is 9.10. The van der Waals surface area contributed by atoms with Crippen molar-refractivity contribution in [1.82, 2.24) is 5.32 Å². The predicted octanol–water partition coefficient (Wildman–Crippen LogP) is 2.01. The Bertz CT molecular complexity index is 366. The molecule has 1 aromatic rings. The Morgan fingerprint density at radius 1 is 1.60 bits per heavy atom.